The summed E-state index contributed by atoms with van der Waals surface area (Å²) in [5.74, 6) is 0. The van der Waals surface area contributed by atoms with Crippen molar-refractivity contribution in [1.29, 1.82) is 0 Å². The van der Waals surface area contributed by atoms with E-state index in [1.807, 2.05) is 14.1 Å². The van der Waals surface area contributed by atoms with Crippen LogP contribution >= 0.6 is 0 Å². The molecule has 0 atom stereocenters. The molecule has 0 fully saturated rings. The third kappa shape index (κ3) is 15.9. The summed E-state index contributed by atoms with van der Waals surface area (Å²) in [6, 6.07) is 0. The number of nitrogens with one attached hydrogen (secondary N) is 1. The third-order valence-electron chi connectivity index (χ3n) is 0. The molecular formula is C2H7NNb. The van der Waals surface area contributed by atoms with E-state index in [9.17, 15) is 0 Å². The Hall–Kier alpha value is 0.700. The molecule has 0 rings (SSSR count). The van der Waals surface area contributed by atoms with Crippen molar-refractivity contribution in [2.45, 2.75) is 0 Å². The van der Waals surface area contributed by atoms with Gasteiger partial charge in [0, 0.05) is 22.4 Å². The predicted molar refractivity (Wildman–Crippen MR) is 15.0 cm³/mol. The maximum Gasteiger partial charge on any atom is 0 e. The molecule has 0 spiro atoms. The summed E-state index contributed by atoms with van der Waals surface area (Å²) in [4.78, 5) is 0. The van der Waals surface area contributed by atoms with Gasteiger partial charge in [0.25, 0.3) is 0 Å². The zero-order valence-corrected chi connectivity index (χ0v) is 5.15. The molecule has 1 N–H and O–H groups in total. The summed E-state index contributed by atoms with van der Waals surface area (Å²) in [7, 11) is 3.75. The molecule has 4 heavy (non-hydrogen) atoms. The zero-order valence-electron chi connectivity index (χ0n) is 2.95. The summed E-state index contributed by atoms with van der Waals surface area (Å²) in [6.07, 6.45) is 0. The molecule has 2 heteroatoms. The maximum absolute atomic E-state index is 2.75. The van der Waals surface area contributed by atoms with Gasteiger partial charge >= 0.3 is 0 Å². The molecule has 0 aliphatic heterocycles. The second kappa shape index (κ2) is 9.33. The SMILES string of the molecule is CNC.[Nb]. The molecule has 0 bridgehead atoms. The van der Waals surface area contributed by atoms with Crippen molar-refractivity contribution < 1.29 is 22.4 Å². The number of hydrogen-bond acceptors (Lipinski definition) is 1. The average molecular weight is 138 g/mol. The van der Waals surface area contributed by atoms with E-state index < -0.39 is 0 Å². The van der Waals surface area contributed by atoms with E-state index in [1.165, 1.54) is 0 Å². The van der Waals surface area contributed by atoms with Crippen LogP contribution in [0, 0.1) is 0 Å². The minimum atomic E-state index is 0. The Labute approximate surface area is 42.3 Å². The zero-order chi connectivity index (χ0) is 2.71. The molecule has 0 saturated carbocycles. The van der Waals surface area contributed by atoms with Gasteiger partial charge in [-0.15, -0.1) is 0 Å². The molecule has 0 aliphatic rings. The Morgan fingerprint density at radius 2 is 1.25 bits per heavy atom. The van der Waals surface area contributed by atoms with Gasteiger partial charge in [0.15, 0.2) is 0 Å². The van der Waals surface area contributed by atoms with Gasteiger partial charge in [0.2, 0.25) is 0 Å². The largest absolute Gasteiger partial charge is 0.323 e. The monoisotopic (exact) mass is 138 g/mol. The van der Waals surface area contributed by atoms with Gasteiger partial charge in [0.1, 0.15) is 0 Å². The van der Waals surface area contributed by atoms with Crippen LogP contribution in [-0.2, 0) is 22.4 Å². The van der Waals surface area contributed by atoms with Crippen LogP contribution in [0.25, 0.3) is 0 Å². The van der Waals surface area contributed by atoms with Gasteiger partial charge in [-0.25, -0.2) is 0 Å². The second-order valence-corrected chi connectivity index (χ2v) is 0.500. The van der Waals surface area contributed by atoms with Crippen molar-refractivity contribution in [3.63, 3.8) is 0 Å². The van der Waals surface area contributed by atoms with Crippen LogP contribution in [0.1, 0.15) is 0 Å². The molecule has 0 aromatic heterocycles. The first kappa shape index (κ1) is 8.83. The molecular weight excluding hydrogens is 131 g/mol. The van der Waals surface area contributed by atoms with Gasteiger partial charge in [-0.05, 0) is 14.1 Å². The summed E-state index contributed by atoms with van der Waals surface area (Å²) in [6.45, 7) is 0. The molecule has 0 amide bonds. The standard InChI is InChI=1S/C2H7N.Nb/c1-3-2;/h3H,1-2H3;. The van der Waals surface area contributed by atoms with E-state index in [4.69, 9.17) is 0 Å². The summed E-state index contributed by atoms with van der Waals surface area (Å²) < 4.78 is 0. The Balaban J connectivity index is 0. The Morgan fingerprint density at radius 3 is 1.25 bits per heavy atom. The molecule has 0 aromatic rings. The molecule has 0 aliphatic carbocycles. The second-order valence-electron chi connectivity index (χ2n) is 0.500. The van der Waals surface area contributed by atoms with Crippen LogP contribution < -0.4 is 5.32 Å². The third-order valence-corrected chi connectivity index (χ3v) is 0. The predicted octanol–water partition coefficient (Wildman–Crippen LogP) is -0.167. The quantitative estimate of drug-likeness (QED) is 0.458. The Bertz CT molecular complexity index is 6.00. The van der Waals surface area contributed by atoms with Gasteiger partial charge in [0.05, 0.1) is 0 Å². The molecule has 0 aromatic carbocycles. The van der Waals surface area contributed by atoms with Gasteiger partial charge in [-0.3, -0.25) is 0 Å². The molecule has 0 heterocycles. The fraction of sp³-hybridized carbons (Fsp3) is 1.00. The summed E-state index contributed by atoms with van der Waals surface area (Å²) in [5.41, 5.74) is 0. The fourth-order valence-corrected chi connectivity index (χ4v) is 0. The molecule has 0 unspecified atom stereocenters. The summed E-state index contributed by atoms with van der Waals surface area (Å²) >= 11 is 0. The molecule has 25 valence electrons. The first-order chi connectivity index (χ1) is 1.41. The minimum absolute atomic E-state index is 0. The molecule has 1 radical (unpaired) electrons. The average Bonchev–Trinajstić information content (AvgIpc) is 0.918. The first-order valence-electron chi connectivity index (χ1n) is 1.00. The summed E-state index contributed by atoms with van der Waals surface area (Å²) in [5, 5.41) is 2.75. The Morgan fingerprint density at radius 1 is 1.25 bits per heavy atom. The van der Waals surface area contributed by atoms with E-state index in [1.54, 1.807) is 0 Å². The normalized spacial score (nSPS) is 4.50. The van der Waals surface area contributed by atoms with Gasteiger partial charge in [-0.2, -0.15) is 0 Å². The Kier molecular flexibility index (Phi) is 20.6. The van der Waals surface area contributed by atoms with Gasteiger partial charge < -0.3 is 5.32 Å². The van der Waals surface area contributed by atoms with Crippen molar-refractivity contribution in [3.8, 4) is 0 Å². The van der Waals surface area contributed by atoms with Crippen molar-refractivity contribution in [2.75, 3.05) is 14.1 Å². The number of rotatable bonds is 0. The van der Waals surface area contributed by atoms with Crippen LogP contribution in [-0.4, -0.2) is 14.1 Å². The van der Waals surface area contributed by atoms with Crippen molar-refractivity contribution in [2.24, 2.45) is 0 Å². The molecule has 0 saturated heterocycles. The van der Waals surface area contributed by atoms with Crippen LogP contribution in [0.2, 0.25) is 0 Å². The fourth-order valence-electron chi connectivity index (χ4n) is 0. The van der Waals surface area contributed by atoms with Crippen LogP contribution in [0.5, 0.6) is 0 Å². The first-order valence-corrected chi connectivity index (χ1v) is 1.00. The van der Waals surface area contributed by atoms with Gasteiger partial charge in [-0.1, -0.05) is 0 Å². The topological polar surface area (TPSA) is 12.0 Å². The smallest absolute Gasteiger partial charge is 0 e. The van der Waals surface area contributed by atoms with E-state index in [0.29, 0.717) is 0 Å². The maximum atomic E-state index is 2.75. The van der Waals surface area contributed by atoms with Crippen LogP contribution in [0.15, 0.2) is 0 Å². The number of hydrogen-bond donors (Lipinski definition) is 1. The van der Waals surface area contributed by atoms with E-state index >= 15 is 0 Å². The van der Waals surface area contributed by atoms with Crippen LogP contribution in [0.4, 0.5) is 0 Å². The van der Waals surface area contributed by atoms with E-state index in [-0.39, 0.29) is 22.4 Å². The van der Waals surface area contributed by atoms with Crippen molar-refractivity contribution in [1.82, 2.24) is 5.32 Å². The van der Waals surface area contributed by atoms with E-state index in [2.05, 4.69) is 5.32 Å². The molecule has 1 nitrogen and oxygen atoms in total. The van der Waals surface area contributed by atoms with Crippen molar-refractivity contribution >= 4 is 0 Å². The van der Waals surface area contributed by atoms with Crippen molar-refractivity contribution in [3.05, 3.63) is 0 Å². The van der Waals surface area contributed by atoms with Crippen LogP contribution in [0.3, 0.4) is 0 Å². The van der Waals surface area contributed by atoms with E-state index in [0.717, 1.165) is 0 Å². The minimum Gasteiger partial charge on any atom is -0.323 e.